The lowest BCUT2D eigenvalue weighted by molar-refractivity contribution is 0.180. The largest absolute Gasteiger partial charge is 0.379 e. The van der Waals surface area contributed by atoms with E-state index in [0.717, 1.165) is 30.2 Å². The molecule has 0 radical (unpaired) electrons. The van der Waals surface area contributed by atoms with Crippen LogP contribution in [0.2, 0.25) is 0 Å². The summed E-state index contributed by atoms with van der Waals surface area (Å²) in [7, 11) is 1.62. The highest BCUT2D eigenvalue weighted by atomic mass is 32.1. The van der Waals surface area contributed by atoms with Gasteiger partial charge in [-0.25, -0.2) is 18.6 Å². The molecular weight excluding hydrogens is 372 g/mol. The van der Waals surface area contributed by atoms with Gasteiger partial charge < -0.3 is 9.64 Å². The Bertz CT molecular complexity index is 776. The zero-order chi connectivity index (χ0) is 19.2. The molecule has 2 amide bonds. The second-order valence-electron chi connectivity index (χ2n) is 6.70. The van der Waals surface area contributed by atoms with Gasteiger partial charge in [0.15, 0.2) is 5.13 Å². The number of amides is 2. The van der Waals surface area contributed by atoms with Crippen molar-refractivity contribution in [2.75, 3.05) is 25.5 Å². The molecule has 3 rings (SSSR count). The number of nitrogens with one attached hydrogen (secondary N) is 1. The van der Waals surface area contributed by atoms with Crippen molar-refractivity contribution in [3.8, 4) is 0 Å². The van der Waals surface area contributed by atoms with Crippen molar-refractivity contribution in [3.05, 3.63) is 46.5 Å². The van der Waals surface area contributed by atoms with Gasteiger partial charge in [0, 0.05) is 32.5 Å². The van der Waals surface area contributed by atoms with Crippen molar-refractivity contribution in [2.45, 2.75) is 32.3 Å². The molecule has 0 atom stereocenters. The first-order valence-corrected chi connectivity index (χ1v) is 9.80. The third-order valence-electron chi connectivity index (χ3n) is 4.79. The van der Waals surface area contributed by atoms with Gasteiger partial charge in [-0.2, -0.15) is 0 Å². The molecule has 8 heteroatoms. The molecular formula is C19H23F2N3O2S. The van der Waals surface area contributed by atoms with Crippen LogP contribution in [0.1, 0.15) is 29.7 Å². The number of nitrogens with zero attached hydrogens (tertiary/aromatic N) is 2. The highest BCUT2D eigenvalue weighted by Crippen LogP contribution is 2.25. The summed E-state index contributed by atoms with van der Waals surface area (Å²) in [6.45, 7) is 1.81. The Labute approximate surface area is 161 Å². The molecule has 1 saturated heterocycles. The fourth-order valence-corrected chi connectivity index (χ4v) is 4.03. The monoisotopic (exact) mass is 395 g/mol. The minimum Gasteiger partial charge on any atom is -0.379 e. The molecule has 2 aromatic rings. The van der Waals surface area contributed by atoms with E-state index < -0.39 is 11.6 Å². The van der Waals surface area contributed by atoms with E-state index in [-0.39, 0.29) is 6.03 Å². The lowest BCUT2D eigenvalue weighted by Crippen LogP contribution is -2.41. The predicted octanol–water partition coefficient (Wildman–Crippen LogP) is 4.44. The highest BCUT2D eigenvalue weighted by Gasteiger charge is 2.23. The van der Waals surface area contributed by atoms with Gasteiger partial charge in [-0.05, 0) is 43.2 Å². The highest BCUT2D eigenvalue weighted by molar-refractivity contribution is 7.15. The minimum atomic E-state index is -0.551. The Morgan fingerprint density at radius 3 is 2.85 bits per heavy atom. The number of aryl methyl sites for hydroxylation is 1. The third-order valence-corrected chi connectivity index (χ3v) is 5.68. The average Bonchev–Trinajstić information content (AvgIpc) is 3.09. The van der Waals surface area contributed by atoms with Crippen LogP contribution >= 0.6 is 11.3 Å². The maximum absolute atomic E-state index is 13.7. The Morgan fingerprint density at radius 2 is 2.15 bits per heavy atom. The Morgan fingerprint density at radius 1 is 1.37 bits per heavy atom. The molecule has 0 unspecified atom stereocenters. The summed E-state index contributed by atoms with van der Waals surface area (Å²) in [4.78, 5) is 19.3. The van der Waals surface area contributed by atoms with Crippen molar-refractivity contribution in [1.82, 2.24) is 9.88 Å². The molecule has 1 aliphatic heterocycles. The lowest BCUT2D eigenvalue weighted by atomic mass is 9.90. The number of urea groups is 1. The van der Waals surface area contributed by atoms with Gasteiger partial charge in [-0.15, -0.1) is 0 Å². The predicted molar refractivity (Wildman–Crippen MR) is 101 cm³/mol. The number of thiazole rings is 1. The van der Waals surface area contributed by atoms with E-state index in [1.165, 1.54) is 23.5 Å². The van der Waals surface area contributed by atoms with Gasteiger partial charge in [-0.1, -0.05) is 17.4 Å². The SMILES string of the molecule is COCc1cnc(NC(=O)N2CCC(CCc3ccc(F)cc3F)CC2)s1. The Kier molecular flexibility index (Phi) is 6.73. The molecule has 0 saturated carbocycles. The van der Waals surface area contributed by atoms with Crippen LogP contribution in [0.25, 0.3) is 0 Å². The zero-order valence-corrected chi connectivity index (χ0v) is 16.0. The molecule has 5 nitrogen and oxygen atoms in total. The van der Waals surface area contributed by atoms with Crippen LogP contribution in [-0.4, -0.2) is 36.1 Å². The standard InChI is InChI=1S/C19H23F2N3O2S/c1-26-12-16-11-22-18(27-16)23-19(25)24-8-6-13(7-9-24)2-3-14-4-5-15(20)10-17(14)21/h4-5,10-11,13H,2-3,6-9,12H2,1H3,(H,22,23,25). The zero-order valence-electron chi connectivity index (χ0n) is 15.2. The number of hydrogen-bond donors (Lipinski definition) is 1. The molecule has 2 heterocycles. The van der Waals surface area contributed by atoms with Gasteiger partial charge in [0.25, 0.3) is 0 Å². The Hall–Kier alpha value is -2.06. The molecule has 1 aromatic heterocycles. The Balaban J connectivity index is 1.43. The van der Waals surface area contributed by atoms with Crippen molar-refractivity contribution < 1.29 is 18.3 Å². The first-order valence-electron chi connectivity index (χ1n) is 8.98. The number of benzene rings is 1. The summed E-state index contributed by atoms with van der Waals surface area (Å²) in [5, 5.41) is 3.40. The van der Waals surface area contributed by atoms with Crippen molar-refractivity contribution >= 4 is 22.5 Å². The maximum atomic E-state index is 13.7. The summed E-state index contributed by atoms with van der Waals surface area (Å²) in [6, 6.07) is 3.59. The molecule has 0 spiro atoms. The van der Waals surface area contributed by atoms with E-state index in [2.05, 4.69) is 10.3 Å². The summed E-state index contributed by atoms with van der Waals surface area (Å²) in [6.07, 6.45) is 4.88. The number of ether oxygens (including phenoxy) is 1. The van der Waals surface area contributed by atoms with E-state index in [1.807, 2.05) is 0 Å². The van der Waals surface area contributed by atoms with Crippen molar-refractivity contribution in [1.29, 1.82) is 0 Å². The number of halogens is 2. The van der Waals surface area contributed by atoms with Gasteiger partial charge in [-0.3, -0.25) is 5.32 Å². The number of aromatic nitrogens is 1. The second kappa shape index (κ2) is 9.23. The number of piperidine rings is 1. The molecule has 27 heavy (non-hydrogen) atoms. The molecule has 146 valence electrons. The van der Waals surface area contributed by atoms with Crippen LogP contribution < -0.4 is 5.32 Å². The summed E-state index contributed by atoms with van der Waals surface area (Å²) >= 11 is 1.40. The fraction of sp³-hybridized carbons (Fsp3) is 0.474. The van der Waals surface area contributed by atoms with E-state index in [4.69, 9.17) is 4.74 Å². The van der Waals surface area contributed by atoms with Gasteiger partial charge in [0.2, 0.25) is 0 Å². The minimum absolute atomic E-state index is 0.142. The van der Waals surface area contributed by atoms with Crippen LogP contribution in [0.4, 0.5) is 18.7 Å². The molecule has 0 aliphatic carbocycles. The average molecular weight is 395 g/mol. The van der Waals surface area contributed by atoms with Crippen LogP contribution in [0.15, 0.2) is 24.4 Å². The van der Waals surface area contributed by atoms with E-state index in [1.54, 1.807) is 18.2 Å². The van der Waals surface area contributed by atoms with Crippen molar-refractivity contribution in [2.24, 2.45) is 5.92 Å². The van der Waals surface area contributed by atoms with Gasteiger partial charge in [0.05, 0.1) is 11.5 Å². The lowest BCUT2D eigenvalue weighted by Gasteiger charge is -2.31. The third kappa shape index (κ3) is 5.46. The molecule has 0 bridgehead atoms. The normalized spacial score (nSPS) is 15.1. The first kappa shape index (κ1) is 19.7. The summed E-state index contributed by atoms with van der Waals surface area (Å²) < 4.78 is 31.7. The van der Waals surface area contributed by atoms with Crippen LogP contribution in [0, 0.1) is 17.6 Å². The maximum Gasteiger partial charge on any atom is 0.323 e. The van der Waals surface area contributed by atoms with E-state index >= 15 is 0 Å². The number of hydrogen-bond acceptors (Lipinski definition) is 4. The number of carbonyl (C=O) groups is 1. The molecule has 1 fully saturated rings. The number of methoxy groups -OCH3 is 1. The molecule has 1 aliphatic rings. The topological polar surface area (TPSA) is 54.5 Å². The summed E-state index contributed by atoms with van der Waals surface area (Å²) in [5.74, 6) is -0.597. The number of anilines is 1. The van der Waals surface area contributed by atoms with Crippen LogP contribution in [0.5, 0.6) is 0 Å². The number of carbonyl (C=O) groups excluding carboxylic acids is 1. The van der Waals surface area contributed by atoms with Crippen LogP contribution in [0.3, 0.4) is 0 Å². The second-order valence-corrected chi connectivity index (χ2v) is 7.81. The van der Waals surface area contributed by atoms with Gasteiger partial charge >= 0.3 is 6.03 Å². The molecule has 1 N–H and O–H groups in total. The number of likely N-dealkylation sites (tertiary alicyclic amines) is 1. The van der Waals surface area contributed by atoms with E-state index in [0.29, 0.717) is 42.7 Å². The van der Waals surface area contributed by atoms with Crippen LogP contribution in [-0.2, 0) is 17.8 Å². The summed E-state index contributed by atoms with van der Waals surface area (Å²) in [5.41, 5.74) is 0.548. The fourth-order valence-electron chi connectivity index (χ4n) is 3.25. The van der Waals surface area contributed by atoms with Crippen molar-refractivity contribution in [3.63, 3.8) is 0 Å². The van der Waals surface area contributed by atoms with E-state index in [9.17, 15) is 13.6 Å². The smallest absolute Gasteiger partial charge is 0.323 e. The van der Waals surface area contributed by atoms with Gasteiger partial charge in [0.1, 0.15) is 11.6 Å². The first-order chi connectivity index (χ1) is 13.0. The number of rotatable bonds is 6. The quantitative estimate of drug-likeness (QED) is 0.787. The molecule has 1 aromatic carbocycles.